The molecule has 0 aliphatic heterocycles. The van der Waals surface area contributed by atoms with Crippen LogP contribution in [-0.4, -0.2) is 18.7 Å². The van der Waals surface area contributed by atoms with Crippen molar-refractivity contribution in [1.82, 2.24) is 18.7 Å². The molecule has 4 aromatic rings. The van der Waals surface area contributed by atoms with Crippen molar-refractivity contribution in [2.45, 2.75) is 26.4 Å². The third-order valence-electron chi connectivity index (χ3n) is 4.41. The number of aryl methyl sites for hydroxylation is 1. The Bertz CT molecular complexity index is 1290. The van der Waals surface area contributed by atoms with Gasteiger partial charge in [-0.3, -0.25) is 9.36 Å². The molecule has 0 atom stereocenters. The van der Waals surface area contributed by atoms with E-state index in [1.54, 1.807) is 30.3 Å². The van der Waals surface area contributed by atoms with Gasteiger partial charge in [-0.25, -0.2) is 13.9 Å². The average Bonchev–Trinajstić information content (AvgIpc) is 2.95. The first-order valence-electron chi connectivity index (χ1n) is 8.55. The van der Waals surface area contributed by atoms with Gasteiger partial charge in [-0.15, -0.1) is 5.10 Å². The smallest absolute Gasteiger partial charge is 0.276 e. The van der Waals surface area contributed by atoms with Crippen LogP contribution in [0.4, 0.5) is 0 Å². The van der Waals surface area contributed by atoms with Crippen LogP contribution in [0.15, 0.2) is 52.1 Å². The minimum Gasteiger partial charge on any atom is -0.276 e. The molecule has 4 rings (SSSR count). The Hall–Kier alpha value is -2.57. The van der Waals surface area contributed by atoms with Crippen molar-refractivity contribution >= 4 is 39.9 Å². The zero-order valence-corrected chi connectivity index (χ0v) is 16.0. The molecule has 0 unspecified atom stereocenters. The molecule has 0 aliphatic carbocycles. The van der Waals surface area contributed by atoms with E-state index in [0.29, 0.717) is 33.3 Å². The van der Waals surface area contributed by atoms with E-state index in [9.17, 15) is 9.59 Å². The van der Waals surface area contributed by atoms with Gasteiger partial charge in [0.15, 0.2) is 0 Å². The summed E-state index contributed by atoms with van der Waals surface area (Å²) in [6, 6.07) is 12.2. The van der Waals surface area contributed by atoms with Gasteiger partial charge in [0.2, 0.25) is 5.78 Å². The molecule has 0 aliphatic rings. The fourth-order valence-corrected chi connectivity index (χ4v) is 3.61. The first kappa shape index (κ1) is 17.8. The summed E-state index contributed by atoms with van der Waals surface area (Å²) in [4.78, 5) is 26.0. The second-order valence-electron chi connectivity index (χ2n) is 6.32. The molecule has 0 bridgehead atoms. The maximum absolute atomic E-state index is 13.1. The summed E-state index contributed by atoms with van der Waals surface area (Å²) in [7, 11) is 0. The summed E-state index contributed by atoms with van der Waals surface area (Å²) in [5, 5.41) is 5.88. The summed E-state index contributed by atoms with van der Waals surface area (Å²) >= 11 is 12.1. The highest BCUT2D eigenvalue weighted by Gasteiger charge is 2.17. The Morgan fingerprint density at radius 3 is 2.56 bits per heavy atom. The van der Waals surface area contributed by atoms with Crippen LogP contribution < -0.4 is 11.2 Å². The summed E-state index contributed by atoms with van der Waals surface area (Å²) < 4.78 is 4.34. The van der Waals surface area contributed by atoms with Crippen molar-refractivity contribution in [3.05, 3.63) is 78.9 Å². The highest BCUT2D eigenvalue weighted by molar-refractivity contribution is 6.31. The zero-order valence-electron chi connectivity index (χ0n) is 14.5. The van der Waals surface area contributed by atoms with Crippen LogP contribution >= 0.6 is 23.2 Å². The lowest BCUT2D eigenvalue weighted by Gasteiger charge is -2.08. The standard InChI is InChI=1S/C19H16Cl2N4O2/c1-2-8-23-17(26)15-10-14(21)6-7-16(15)25-18(23)22-24(19(25)27)11-12-4-3-5-13(20)9-12/h3-7,9-10H,2,8,11H2,1H3. The van der Waals surface area contributed by atoms with Crippen LogP contribution in [0.5, 0.6) is 0 Å². The van der Waals surface area contributed by atoms with Crippen molar-refractivity contribution in [1.29, 1.82) is 0 Å². The van der Waals surface area contributed by atoms with Crippen LogP contribution in [0.25, 0.3) is 16.7 Å². The van der Waals surface area contributed by atoms with Crippen LogP contribution in [0, 0.1) is 0 Å². The molecule has 2 aromatic heterocycles. The van der Waals surface area contributed by atoms with Crippen LogP contribution in [0.2, 0.25) is 10.0 Å². The maximum Gasteiger partial charge on any atom is 0.352 e. The normalized spacial score (nSPS) is 11.5. The zero-order chi connectivity index (χ0) is 19.1. The van der Waals surface area contributed by atoms with E-state index in [1.807, 2.05) is 19.1 Å². The van der Waals surface area contributed by atoms with Gasteiger partial charge in [0.1, 0.15) is 0 Å². The number of nitrogens with zero attached hydrogens (tertiary/aromatic N) is 4. The van der Waals surface area contributed by atoms with Gasteiger partial charge in [-0.05, 0) is 42.3 Å². The number of fused-ring (bicyclic) bond motifs is 3. The fraction of sp³-hybridized carbons (Fsp3) is 0.211. The Kier molecular flexibility index (Phi) is 4.53. The van der Waals surface area contributed by atoms with E-state index in [0.717, 1.165) is 12.0 Å². The number of hydrogen-bond acceptors (Lipinski definition) is 3. The van der Waals surface area contributed by atoms with Gasteiger partial charge < -0.3 is 0 Å². The van der Waals surface area contributed by atoms with Gasteiger partial charge in [0, 0.05) is 16.6 Å². The van der Waals surface area contributed by atoms with E-state index < -0.39 is 0 Å². The molecule has 6 nitrogen and oxygen atoms in total. The molecule has 0 amide bonds. The molecule has 2 heterocycles. The number of halogens is 2. The van der Waals surface area contributed by atoms with Gasteiger partial charge in [-0.2, -0.15) is 0 Å². The molecule has 0 saturated heterocycles. The molecule has 0 N–H and O–H groups in total. The molecule has 8 heteroatoms. The summed E-state index contributed by atoms with van der Waals surface area (Å²) in [5.74, 6) is 0.323. The molecule has 0 spiro atoms. The minimum absolute atomic E-state index is 0.207. The number of benzene rings is 2. The first-order chi connectivity index (χ1) is 13.0. The molecule has 2 aromatic carbocycles. The van der Waals surface area contributed by atoms with Gasteiger partial charge in [0.25, 0.3) is 5.56 Å². The quantitative estimate of drug-likeness (QED) is 0.524. The van der Waals surface area contributed by atoms with Crippen molar-refractivity contribution in [2.24, 2.45) is 0 Å². The molecular weight excluding hydrogens is 387 g/mol. The fourth-order valence-electron chi connectivity index (χ4n) is 3.23. The maximum atomic E-state index is 13.1. The Morgan fingerprint density at radius 1 is 1.04 bits per heavy atom. The molecule has 27 heavy (non-hydrogen) atoms. The lowest BCUT2D eigenvalue weighted by Crippen LogP contribution is -2.26. The first-order valence-corrected chi connectivity index (χ1v) is 9.31. The molecule has 0 saturated carbocycles. The predicted octanol–water partition coefficient (Wildman–Crippen LogP) is 3.58. The lowest BCUT2D eigenvalue weighted by atomic mass is 10.2. The third kappa shape index (κ3) is 3.05. The Balaban J connectivity index is 2.03. The van der Waals surface area contributed by atoms with Crippen LogP contribution in [0.1, 0.15) is 18.9 Å². The average molecular weight is 403 g/mol. The second kappa shape index (κ2) is 6.87. The highest BCUT2D eigenvalue weighted by Crippen LogP contribution is 2.17. The van der Waals surface area contributed by atoms with Gasteiger partial charge in [-0.1, -0.05) is 42.3 Å². The van der Waals surface area contributed by atoms with Gasteiger partial charge >= 0.3 is 5.69 Å². The van der Waals surface area contributed by atoms with E-state index in [4.69, 9.17) is 23.2 Å². The molecule has 0 radical (unpaired) electrons. The summed E-state index contributed by atoms with van der Waals surface area (Å²) in [6.07, 6.45) is 0.733. The minimum atomic E-state index is -0.317. The van der Waals surface area contributed by atoms with E-state index in [1.165, 1.54) is 13.6 Å². The lowest BCUT2D eigenvalue weighted by molar-refractivity contribution is 0.639. The van der Waals surface area contributed by atoms with E-state index in [-0.39, 0.29) is 17.8 Å². The number of hydrogen-bond donors (Lipinski definition) is 0. The van der Waals surface area contributed by atoms with Gasteiger partial charge in [0.05, 0.1) is 17.4 Å². The number of rotatable bonds is 4. The topological polar surface area (TPSA) is 61.3 Å². The van der Waals surface area contributed by atoms with Crippen LogP contribution in [-0.2, 0) is 13.1 Å². The van der Waals surface area contributed by atoms with Crippen molar-refractivity contribution in [3.63, 3.8) is 0 Å². The SMILES string of the molecule is CCCn1c(=O)c2cc(Cl)ccc2n2c(=O)n(Cc3cccc(Cl)c3)nc12. The molecule has 138 valence electrons. The van der Waals surface area contributed by atoms with E-state index >= 15 is 0 Å². The van der Waals surface area contributed by atoms with Crippen LogP contribution in [0.3, 0.4) is 0 Å². The van der Waals surface area contributed by atoms with Crippen molar-refractivity contribution in [3.8, 4) is 0 Å². The van der Waals surface area contributed by atoms with Crippen molar-refractivity contribution in [2.75, 3.05) is 0 Å². The van der Waals surface area contributed by atoms with E-state index in [2.05, 4.69) is 5.10 Å². The molecule has 0 fully saturated rings. The molecular formula is C19H16Cl2N4O2. The monoisotopic (exact) mass is 402 g/mol. The largest absolute Gasteiger partial charge is 0.352 e. The highest BCUT2D eigenvalue weighted by atomic mass is 35.5. The predicted molar refractivity (Wildman–Crippen MR) is 107 cm³/mol. The number of aromatic nitrogens is 4. The third-order valence-corrected chi connectivity index (χ3v) is 4.88. The Labute approximate surface area is 164 Å². The Morgan fingerprint density at radius 2 is 1.81 bits per heavy atom. The summed E-state index contributed by atoms with van der Waals surface area (Å²) in [6.45, 7) is 2.68. The second-order valence-corrected chi connectivity index (χ2v) is 7.20. The summed E-state index contributed by atoms with van der Waals surface area (Å²) in [5.41, 5.74) is 0.822. The van der Waals surface area contributed by atoms with Crippen molar-refractivity contribution < 1.29 is 0 Å².